The van der Waals surface area contributed by atoms with E-state index >= 15 is 0 Å². The number of nitrogens with one attached hydrogen (secondary N) is 1. The van der Waals surface area contributed by atoms with Crippen molar-refractivity contribution in [3.63, 3.8) is 0 Å². The lowest BCUT2D eigenvalue weighted by molar-refractivity contribution is 0.347. The van der Waals surface area contributed by atoms with Crippen LogP contribution in [0.3, 0.4) is 0 Å². The summed E-state index contributed by atoms with van der Waals surface area (Å²) in [5.74, 6) is 1.62. The van der Waals surface area contributed by atoms with Crippen molar-refractivity contribution in [1.82, 2.24) is 0 Å². The van der Waals surface area contributed by atoms with E-state index in [0.29, 0.717) is 6.73 Å². The van der Waals surface area contributed by atoms with Crippen LogP contribution in [0.2, 0.25) is 0 Å². The van der Waals surface area contributed by atoms with Gasteiger partial charge in [-0.2, -0.15) is 0 Å². The van der Waals surface area contributed by atoms with E-state index in [2.05, 4.69) is 5.32 Å². The number of hydrogen-bond acceptors (Lipinski definition) is 4. The summed E-state index contributed by atoms with van der Waals surface area (Å²) in [7, 11) is 1.65. The zero-order chi connectivity index (χ0) is 12.8. The van der Waals surface area contributed by atoms with E-state index in [1.807, 2.05) is 48.5 Å². The Morgan fingerprint density at radius 2 is 1.56 bits per heavy atom. The number of methoxy groups -OCH3 is 1. The van der Waals surface area contributed by atoms with Crippen LogP contribution >= 0.6 is 0 Å². The third kappa shape index (κ3) is 3.31. The predicted molar refractivity (Wildman–Crippen MR) is 73.0 cm³/mol. The molecule has 0 unspecified atom stereocenters. The van der Waals surface area contributed by atoms with Crippen LogP contribution in [0.1, 0.15) is 0 Å². The molecule has 3 N–H and O–H groups in total. The van der Waals surface area contributed by atoms with Crippen LogP contribution in [0.25, 0.3) is 0 Å². The van der Waals surface area contributed by atoms with Gasteiger partial charge >= 0.3 is 0 Å². The quantitative estimate of drug-likeness (QED) is 0.627. The molecule has 2 aromatic carbocycles. The second-order valence-corrected chi connectivity index (χ2v) is 3.76. The maximum atomic E-state index is 5.59. The monoisotopic (exact) mass is 244 g/mol. The molecule has 0 heterocycles. The van der Waals surface area contributed by atoms with E-state index < -0.39 is 0 Å². The van der Waals surface area contributed by atoms with Crippen molar-refractivity contribution in [2.75, 3.05) is 24.9 Å². The van der Waals surface area contributed by atoms with E-state index in [0.717, 1.165) is 22.9 Å². The fraction of sp³-hybridized carbons (Fsp3) is 0.143. The van der Waals surface area contributed by atoms with Gasteiger partial charge in [0, 0.05) is 11.4 Å². The lowest BCUT2D eigenvalue weighted by atomic mass is 10.3. The highest BCUT2D eigenvalue weighted by molar-refractivity contribution is 5.46. The normalized spacial score (nSPS) is 9.83. The van der Waals surface area contributed by atoms with Crippen LogP contribution in [-0.2, 0) is 0 Å². The molecule has 0 spiro atoms. The molecular weight excluding hydrogens is 228 g/mol. The van der Waals surface area contributed by atoms with Crippen LogP contribution < -0.4 is 20.5 Å². The number of nitrogen functional groups attached to an aromatic ring is 1. The van der Waals surface area contributed by atoms with E-state index in [1.54, 1.807) is 7.11 Å². The number of nitrogens with two attached hydrogens (primary N) is 1. The summed E-state index contributed by atoms with van der Waals surface area (Å²) < 4.78 is 10.6. The molecule has 0 radical (unpaired) electrons. The molecule has 4 nitrogen and oxygen atoms in total. The van der Waals surface area contributed by atoms with Crippen molar-refractivity contribution in [2.45, 2.75) is 0 Å². The maximum absolute atomic E-state index is 5.59. The summed E-state index contributed by atoms with van der Waals surface area (Å²) in [5, 5.41) is 3.15. The van der Waals surface area contributed by atoms with Crippen molar-refractivity contribution >= 4 is 11.4 Å². The number of ether oxygens (including phenoxy) is 2. The molecule has 0 bridgehead atoms. The van der Waals surface area contributed by atoms with Crippen molar-refractivity contribution < 1.29 is 9.47 Å². The Hall–Kier alpha value is -2.36. The molecule has 0 fully saturated rings. The summed E-state index contributed by atoms with van der Waals surface area (Å²) in [5.41, 5.74) is 7.30. The number of anilines is 2. The van der Waals surface area contributed by atoms with Crippen LogP contribution in [0.15, 0.2) is 48.5 Å². The molecule has 0 atom stereocenters. The Morgan fingerprint density at radius 3 is 2.17 bits per heavy atom. The van der Waals surface area contributed by atoms with E-state index in [4.69, 9.17) is 15.2 Å². The second-order valence-electron chi connectivity index (χ2n) is 3.76. The van der Waals surface area contributed by atoms with Gasteiger partial charge in [-0.3, -0.25) is 0 Å². The standard InChI is InChI=1S/C14H16N2O2/c1-17-13-8-4-12(5-9-13)16-10-18-14-6-2-11(15)3-7-14/h2-9,16H,10,15H2,1H3. The smallest absolute Gasteiger partial charge is 0.159 e. The van der Waals surface area contributed by atoms with Gasteiger partial charge in [0.2, 0.25) is 0 Å². The minimum atomic E-state index is 0.399. The van der Waals surface area contributed by atoms with Gasteiger partial charge in [0.1, 0.15) is 11.5 Å². The molecule has 0 aliphatic heterocycles. The highest BCUT2D eigenvalue weighted by Crippen LogP contribution is 2.16. The Kier molecular flexibility index (Phi) is 3.91. The third-order valence-corrected chi connectivity index (χ3v) is 2.49. The number of hydrogen-bond donors (Lipinski definition) is 2. The van der Waals surface area contributed by atoms with Crippen molar-refractivity contribution in [2.24, 2.45) is 0 Å². The second kappa shape index (κ2) is 5.82. The molecule has 4 heteroatoms. The van der Waals surface area contributed by atoms with E-state index in [-0.39, 0.29) is 0 Å². The van der Waals surface area contributed by atoms with Gasteiger partial charge in [-0.25, -0.2) is 0 Å². The van der Waals surface area contributed by atoms with Gasteiger partial charge in [-0.05, 0) is 48.5 Å². The number of rotatable bonds is 5. The fourth-order valence-corrected chi connectivity index (χ4v) is 1.48. The summed E-state index contributed by atoms with van der Waals surface area (Å²) in [4.78, 5) is 0. The zero-order valence-corrected chi connectivity index (χ0v) is 10.2. The Labute approximate surface area is 106 Å². The molecule has 94 valence electrons. The average molecular weight is 244 g/mol. The molecule has 2 rings (SSSR count). The first-order chi connectivity index (χ1) is 8.78. The first-order valence-electron chi connectivity index (χ1n) is 5.64. The molecule has 0 saturated carbocycles. The summed E-state index contributed by atoms with van der Waals surface area (Å²) in [6, 6.07) is 15.0. The predicted octanol–water partition coefficient (Wildman–Crippen LogP) is 2.73. The molecule has 18 heavy (non-hydrogen) atoms. The summed E-state index contributed by atoms with van der Waals surface area (Å²) in [6.45, 7) is 0.399. The SMILES string of the molecule is COc1ccc(NCOc2ccc(N)cc2)cc1. The van der Waals surface area contributed by atoms with E-state index in [9.17, 15) is 0 Å². The number of benzene rings is 2. The minimum absolute atomic E-state index is 0.399. The van der Waals surface area contributed by atoms with Gasteiger partial charge in [-0.15, -0.1) is 0 Å². The molecular formula is C14H16N2O2. The maximum Gasteiger partial charge on any atom is 0.159 e. The molecule has 0 amide bonds. The Bertz CT molecular complexity index is 480. The fourth-order valence-electron chi connectivity index (χ4n) is 1.48. The first kappa shape index (κ1) is 12.1. The highest BCUT2D eigenvalue weighted by atomic mass is 16.5. The highest BCUT2D eigenvalue weighted by Gasteiger charge is 1.95. The van der Waals surface area contributed by atoms with Gasteiger partial charge < -0.3 is 20.5 Å². The van der Waals surface area contributed by atoms with Crippen molar-refractivity contribution in [3.05, 3.63) is 48.5 Å². The molecule has 2 aromatic rings. The summed E-state index contributed by atoms with van der Waals surface area (Å²) >= 11 is 0. The first-order valence-corrected chi connectivity index (χ1v) is 5.64. The molecule has 0 aliphatic rings. The lowest BCUT2D eigenvalue weighted by Crippen LogP contribution is -2.08. The van der Waals surface area contributed by atoms with Crippen LogP contribution in [0, 0.1) is 0 Å². The van der Waals surface area contributed by atoms with Crippen LogP contribution in [0.5, 0.6) is 11.5 Å². The van der Waals surface area contributed by atoms with Crippen LogP contribution in [-0.4, -0.2) is 13.8 Å². The van der Waals surface area contributed by atoms with Crippen molar-refractivity contribution in [3.8, 4) is 11.5 Å². The summed E-state index contributed by atoms with van der Waals surface area (Å²) in [6.07, 6.45) is 0. The Balaban J connectivity index is 1.82. The molecule has 0 aromatic heterocycles. The minimum Gasteiger partial charge on any atom is -0.497 e. The van der Waals surface area contributed by atoms with Crippen LogP contribution in [0.4, 0.5) is 11.4 Å². The van der Waals surface area contributed by atoms with Gasteiger partial charge in [-0.1, -0.05) is 0 Å². The average Bonchev–Trinajstić information content (AvgIpc) is 2.42. The lowest BCUT2D eigenvalue weighted by Gasteiger charge is -2.09. The molecule has 0 saturated heterocycles. The van der Waals surface area contributed by atoms with Gasteiger partial charge in [0.15, 0.2) is 6.73 Å². The Morgan fingerprint density at radius 1 is 0.944 bits per heavy atom. The largest absolute Gasteiger partial charge is 0.497 e. The van der Waals surface area contributed by atoms with E-state index in [1.165, 1.54) is 0 Å². The zero-order valence-electron chi connectivity index (χ0n) is 10.2. The van der Waals surface area contributed by atoms with Gasteiger partial charge in [0.25, 0.3) is 0 Å². The third-order valence-electron chi connectivity index (χ3n) is 2.49. The van der Waals surface area contributed by atoms with Gasteiger partial charge in [0.05, 0.1) is 7.11 Å². The topological polar surface area (TPSA) is 56.5 Å². The molecule has 0 aliphatic carbocycles. The van der Waals surface area contributed by atoms with Crippen molar-refractivity contribution in [1.29, 1.82) is 0 Å².